The number of carbonyl (C=O) groups excluding carboxylic acids is 4. The molecule has 0 aliphatic carbocycles. The van der Waals surface area contributed by atoms with Gasteiger partial charge in [0, 0.05) is 27.9 Å². The van der Waals surface area contributed by atoms with E-state index in [1.165, 1.54) is 43.2 Å². The molecule has 8 atom stereocenters. The second-order valence-corrected chi connectivity index (χ2v) is 20.9. The molecular formula is C36H34N6O8S4. The van der Waals surface area contributed by atoms with Crippen molar-refractivity contribution < 1.29 is 38.1 Å². The maximum absolute atomic E-state index is 13.5. The number of fused-ring (bicyclic) bond motifs is 6. The Bertz CT molecular complexity index is 2050. The zero-order valence-electron chi connectivity index (χ0n) is 30.0. The highest BCUT2D eigenvalue weighted by atomic mass is 33.1. The summed E-state index contributed by atoms with van der Waals surface area (Å²) in [6.45, 7) is 23.3. The molecule has 10 heterocycles. The van der Waals surface area contributed by atoms with E-state index in [1.807, 2.05) is 38.1 Å². The van der Waals surface area contributed by atoms with Gasteiger partial charge in [0.05, 0.1) is 12.8 Å². The topological polar surface area (TPSA) is 127 Å². The first kappa shape index (κ1) is 35.6. The van der Waals surface area contributed by atoms with Gasteiger partial charge in [-0.05, 0) is 49.2 Å². The van der Waals surface area contributed by atoms with Crippen molar-refractivity contribution in [3.8, 4) is 23.0 Å². The van der Waals surface area contributed by atoms with E-state index >= 15 is 0 Å². The van der Waals surface area contributed by atoms with Crippen molar-refractivity contribution in [3.63, 3.8) is 0 Å². The third kappa shape index (κ3) is 4.23. The number of nitrogens with zero attached hydrogens (tertiary/aromatic N) is 6. The largest absolute Gasteiger partial charge is 0.454 e. The van der Waals surface area contributed by atoms with Crippen LogP contribution < -0.4 is 18.9 Å². The SMILES string of the molecule is [C-]#[N+][C@@]1(C)C[C@@]23SS[C@@](C)(C(=O)N2C1c1ccc2c(c1)OCO2)N(C)C3=O.[C-]#[N+][C@]1(C)C[C@]23SS[C@](C)(C(=O)N2C1c1ccc2c(c1)OCO2)N(C)C3=O. The number of benzene rings is 2. The van der Waals surface area contributed by atoms with Crippen molar-refractivity contribution in [2.24, 2.45) is 0 Å². The number of ether oxygens (including phenoxy) is 4. The van der Waals surface area contributed by atoms with E-state index in [9.17, 15) is 19.2 Å². The monoisotopic (exact) mass is 806 g/mol. The summed E-state index contributed by atoms with van der Waals surface area (Å²) in [4.78, 5) is 63.7. The van der Waals surface area contributed by atoms with Crippen LogP contribution in [0, 0.1) is 13.1 Å². The van der Waals surface area contributed by atoms with Crippen LogP contribution in [-0.4, -0.2) is 101 Å². The molecule has 2 aromatic carbocycles. The van der Waals surface area contributed by atoms with Crippen LogP contribution >= 0.6 is 43.2 Å². The first-order valence-electron chi connectivity index (χ1n) is 17.1. The van der Waals surface area contributed by atoms with Gasteiger partial charge in [0.1, 0.15) is 12.1 Å². The van der Waals surface area contributed by atoms with E-state index in [0.717, 1.165) is 11.1 Å². The molecular weight excluding hydrogens is 773 g/mol. The summed E-state index contributed by atoms with van der Waals surface area (Å²) in [5.74, 6) is 2.05. The van der Waals surface area contributed by atoms with Crippen LogP contribution in [0.5, 0.6) is 23.0 Å². The maximum atomic E-state index is 13.5. The number of hydrogen-bond acceptors (Lipinski definition) is 12. The zero-order valence-corrected chi connectivity index (χ0v) is 33.3. The molecule has 8 saturated heterocycles. The average molecular weight is 807 g/mol. The lowest BCUT2D eigenvalue weighted by Gasteiger charge is -2.57. The molecule has 2 spiro atoms. The van der Waals surface area contributed by atoms with Gasteiger partial charge in [-0.25, -0.2) is 13.1 Å². The highest BCUT2D eigenvalue weighted by Gasteiger charge is 2.78. The van der Waals surface area contributed by atoms with Crippen molar-refractivity contribution >= 4 is 66.8 Å². The van der Waals surface area contributed by atoms with Crippen molar-refractivity contribution in [1.82, 2.24) is 19.6 Å². The van der Waals surface area contributed by atoms with Crippen LogP contribution in [0.25, 0.3) is 9.69 Å². The molecule has 0 aromatic heterocycles. The second kappa shape index (κ2) is 11.2. The Balaban J connectivity index is 0.000000142. The predicted octanol–water partition coefficient (Wildman–Crippen LogP) is 5.29. The minimum atomic E-state index is -1.05. The van der Waals surface area contributed by atoms with Crippen molar-refractivity contribution in [1.29, 1.82) is 0 Å². The van der Waals surface area contributed by atoms with Crippen LogP contribution in [0.4, 0.5) is 0 Å². The fraction of sp³-hybridized carbons (Fsp3) is 0.500. The van der Waals surface area contributed by atoms with E-state index in [1.54, 1.807) is 59.7 Å². The standard InChI is InChI=1S/2C18H17N3O4S2/c2*1-16(19-3)8-18-15(23)20(4)17(2,26-27-18)14(22)21(18)13(16)10-5-6-11-12(7-10)25-9-24-11/h2*5-7,13H,8-9H2,1-2,4H3/t2*13?,16-,17-,18-/m10/s1. The molecule has 4 bridgehead atoms. The number of carbonyl (C=O) groups is 4. The smallest absolute Gasteiger partial charge is 0.262 e. The Morgan fingerprint density at radius 3 is 1.33 bits per heavy atom. The number of piperazine rings is 2. The van der Waals surface area contributed by atoms with Crippen molar-refractivity contribution in [2.45, 2.75) is 83.2 Å². The highest BCUT2D eigenvalue weighted by molar-refractivity contribution is 8.78. The average Bonchev–Trinajstić information content (AvgIpc) is 3.94. The van der Waals surface area contributed by atoms with Crippen LogP contribution in [0.1, 0.15) is 63.7 Å². The van der Waals surface area contributed by atoms with E-state index in [4.69, 9.17) is 32.1 Å². The van der Waals surface area contributed by atoms with Gasteiger partial charge in [-0.1, -0.05) is 55.3 Å². The molecule has 18 heteroatoms. The minimum absolute atomic E-state index is 0.105. The van der Waals surface area contributed by atoms with Crippen LogP contribution in [0.3, 0.4) is 0 Å². The first-order chi connectivity index (χ1) is 25.5. The number of hydrogen-bond donors (Lipinski definition) is 0. The number of amides is 4. The molecule has 12 rings (SSSR count). The molecule has 0 saturated carbocycles. The van der Waals surface area contributed by atoms with Crippen LogP contribution in [0.2, 0.25) is 0 Å². The van der Waals surface area contributed by atoms with Gasteiger partial charge < -0.3 is 48.2 Å². The summed E-state index contributed by atoms with van der Waals surface area (Å²) >= 11 is 0. The van der Waals surface area contributed by atoms with Gasteiger partial charge >= 0.3 is 0 Å². The Morgan fingerprint density at radius 1 is 0.593 bits per heavy atom. The maximum Gasteiger partial charge on any atom is 0.262 e. The second-order valence-electron chi connectivity index (χ2n) is 15.3. The lowest BCUT2D eigenvalue weighted by Crippen LogP contribution is -2.73. The molecule has 4 amide bonds. The number of rotatable bonds is 2. The minimum Gasteiger partial charge on any atom is -0.454 e. The molecule has 10 aliphatic rings. The van der Waals surface area contributed by atoms with E-state index in [0.29, 0.717) is 35.8 Å². The van der Waals surface area contributed by atoms with Crippen LogP contribution in [-0.2, 0) is 19.2 Å². The van der Waals surface area contributed by atoms with Crippen LogP contribution in [0.15, 0.2) is 36.4 Å². The first-order valence-corrected chi connectivity index (χ1v) is 21.4. The Labute approximate surface area is 327 Å². The van der Waals surface area contributed by atoms with E-state index in [2.05, 4.69) is 9.69 Å². The summed E-state index contributed by atoms with van der Waals surface area (Å²) in [6, 6.07) is 9.95. The van der Waals surface area contributed by atoms with Gasteiger partial charge in [0.15, 0.2) is 42.5 Å². The predicted molar refractivity (Wildman–Crippen MR) is 202 cm³/mol. The summed E-state index contributed by atoms with van der Waals surface area (Å²) in [6.07, 6.45) is 0.594. The Morgan fingerprint density at radius 2 is 0.963 bits per heavy atom. The third-order valence-electron chi connectivity index (χ3n) is 12.1. The quantitative estimate of drug-likeness (QED) is 0.289. The molecule has 14 nitrogen and oxygen atoms in total. The van der Waals surface area contributed by atoms with Gasteiger partial charge in [-0.15, -0.1) is 0 Å². The van der Waals surface area contributed by atoms with Gasteiger partial charge in [-0.2, -0.15) is 0 Å². The molecule has 54 heavy (non-hydrogen) atoms. The third-order valence-corrected chi connectivity index (χ3v) is 19.5. The highest BCUT2D eigenvalue weighted by Crippen LogP contribution is 2.70. The molecule has 0 radical (unpaired) electrons. The normalized spacial score (nSPS) is 39.0. The summed E-state index contributed by atoms with van der Waals surface area (Å²) in [7, 11) is 9.02. The number of likely N-dealkylation sites (N-methyl/N-ethyl adjacent to an activating group) is 2. The molecule has 280 valence electrons. The van der Waals surface area contributed by atoms with E-state index < -0.39 is 42.6 Å². The fourth-order valence-electron chi connectivity index (χ4n) is 8.95. The Kier molecular flexibility index (Phi) is 7.41. The van der Waals surface area contributed by atoms with E-state index in [-0.39, 0.29) is 37.2 Å². The fourth-order valence-corrected chi connectivity index (χ4v) is 16.1. The molecule has 8 fully saturated rings. The van der Waals surface area contributed by atoms with Crippen molar-refractivity contribution in [2.75, 3.05) is 27.7 Å². The molecule has 2 unspecified atom stereocenters. The van der Waals surface area contributed by atoms with Gasteiger partial charge in [0.25, 0.3) is 34.7 Å². The molecule has 0 N–H and O–H groups in total. The Hall–Kier alpha value is -4.10. The molecule has 2 aromatic rings. The van der Waals surface area contributed by atoms with Gasteiger partial charge in [0.2, 0.25) is 13.6 Å². The molecule has 10 aliphatic heterocycles. The lowest BCUT2D eigenvalue weighted by molar-refractivity contribution is -0.164. The lowest BCUT2D eigenvalue weighted by atomic mass is 9.87. The van der Waals surface area contributed by atoms with Crippen molar-refractivity contribution in [3.05, 3.63) is 70.4 Å². The zero-order chi connectivity index (χ0) is 38.4. The summed E-state index contributed by atoms with van der Waals surface area (Å²) in [5, 5.41) is 0. The summed E-state index contributed by atoms with van der Waals surface area (Å²) < 4.78 is 21.8. The summed E-state index contributed by atoms with van der Waals surface area (Å²) in [5.41, 5.74) is -0.244. The van der Waals surface area contributed by atoms with Gasteiger partial charge in [-0.3, -0.25) is 19.2 Å².